The topological polar surface area (TPSA) is 66.6 Å². The van der Waals surface area contributed by atoms with E-state index in [1.807, 2.05) is 24.9 Å². The predicted octanol–water partition coefficient (Wildman–Crippen LogP) is 3.97. The number of halogens is 1. The second kappa shape index (κ2) is 7.55. The van der Waals surface area contributed by atoms with E-state index in [0.717, 1.165) is 11.1 Å². The summed E-state index contributed by atoms with van der Waals surface area (Å²) in [7, 11) is 1.88. The fourth-order valence-corrected chi connectivity index (χ4v) is 2.50. The van der Waals surface area contributed by atoms with E-state index in [0.29, 0.717) is 11.6 Å². The van der Waals surface area contributed by atoms with Crippen LogP contribution in [-0.2, 0) is 0 Å². The van der Waals surface area contributed by atoms with Gasteiger partial charge in [0.05, 0.1) is 11.0 Å². The molecular formula is C17H19ClN2O3. The number of hydrogen-bond acceptors (Lipinski definition) is 4. The second-order valence-electron chi connectivity index (χ2n) is 5.53. The van der Waals surface area contributed by atoms with Gasteiger partial charge in [0.1, 0.15) is 0 Å². The Bertz CT molecular complexity index is 676. The van der Waals surface area contributed by atoms with E-state index in [-0.39, 0.29) is 11.7 Å². The SMILES string of the molecule is C[C@H](c1cccc([N+](=O)[O-])c1)N(C)C[C@H](O)c1ccc(Cl)cc1. The van der Waals surface area contributed by atoms with Crippen LogP contribution in [0.3, 0.4) is 0 Å². The summed E-state index contributed by atoms with van der Waals surface area (Å²) in [4.78, 5) is 12.4. The van der Waals surface area contributed by atoms with E-state index in [9.17, 15) is 15.2 Å². The molecular weight excluding hydrogens is 316 g/mol. The lowest BCUT2D eigenvalue weighted by molar-refractivity contribution is -0.384. The van der Waals surface area contributed by atoms with Gasteiger partial charge in [0.15, 0.2) is 0 Å². The molecule has 0 bridgehead atoms. The van der Waals surface area contributed by atoms with Crippen molar-refractivity contribution in [3.05, 3.63) is 74.8 Å². The largest absolute Gasteiger partial charge is 0.387 e. The molecule has 23 heavy (non-hydrogen) atoms. The highest BCUT2D eigenvalue weighted by Crippen LogP contribution is 2.25. The van der Waals surface area contributed by atoms with Gasteiger partial charge in [0.25, 0.3) is 5.69 Å². The smallest absolute Gasteiger partial charge is 0.269 e. The maximum absolute atomic E-state index is 10.9. The number of hydrogen-bond donors (Lipinski definition) is 1. The minimum Gasteiger partial charge on any atom is -0.387 e. The zero-order valence-corrected chi connectivity index (χ0v) is 13.8. The summed E-state index contributed by atoms with van der Waals surface area (Å²) < 4.78 is 0. The number of aliphatic hydroxyl groups excluding tert-OH is 1. The number of benzene rings is 2. The zero-order valence-electron chi connectivity index (χ0n) is 13.0. The molecule has 0 aliphatic carbocycles. The Balaban J connectivity index is 2.07. The fourth-order valence-electron chi connectivity index (χ4n) is 2.37. The molecule has 0 saturated carbocycles. The maximum atomic E-state index is 10.9. The van der Waals surface area contributed by atoms with Crippen molar-refractivity contribution in [1.29, 1.82) is 0 Å². The normalized spacial score (nSPS) is 13.8. The monoisotopic (exact) mass is 334 g/mol. The molecule has 0 aromatic heterocycles. The van der Waals surface area contributed by atoms with Gasteiger partial charge in [0, 0.05) is 29.7 Å². The third-order valence-electron chi connectivity index (χ3n) is 3.94. The van der Waals surface area contributed by atoms with Gasteiger partial charge in [-0.05, 0) is 37.2 Å². The third kappa shape index (κ3) is 4.51. The minimum atomic E-state index is -0.654. The van der Waals surface area contributed by atoms with Crippen molar-refractivity contribution >= 4 is 17.3 Å². The van der Waals surface area contributed by atoms with Crippen LogP contribution in [0.25, 0.3) is 0 Å². The van der Waals surface area contributed by atoms with Crippen LogP contribution in [0.4, 0.5) is 5.69 Å². The van der Waals surface area contributed by atoms with E-state index in [1.54, 1.807) is 36.4 Å². The summed E-state index contributed by atoms with van der Waals surface area (Å²) in [5.74, 6) is 0. The van der Waals surface area contributed by atoms with Crippen LogP contribution in [0.5, 0.6) is 0 Å². The molecule has 0 aliphatic rings. The van der Waals surface area contributed by atoms with Gasteiger partial charge in [-0.3, -0.25) is 15.0 Å². The Morgan fingerprint density at radius 3 is 2.48 bits per heavy atom. The van der Waals surface area contributed by atoms with Gasteiger partial charge in [-0.1, -0.05) is 35.9 Å². The first-order valence-electron chi connectivity index (χ1n) is 7.26. The first-order chi connectivity index (χ1) is 10.9. The minimum absolute atomic E-state index is 0.0585. The summed E-state index contributed by atoms with van der Waals surface area (Å²) in [6.45, 7) is 2.36. The Kier molecular flexibility index (Phi) is 5.71. The molecule has 0 amide bonds. The number of non-ortho nitro benzene ring substituents is 1. The van der Waals surface area contributed by atoms with Crippen LogP contribution in [0.1, 0.15) is 30.2 Å². The average molecular weight is 335 g/mol. The molecule has 0 spiro atoms. The summed E-state index contributed by atoms with van der Waals surface area (Å²) in [6.07, 6.45) is -0.654. The first-order valence-corrected chi connectivity index (χ1v) is 7.64. The molecule has 0 aliphatic heterocycles. The highest BCUT2D eigenvalue weighted by Gasteiger charge is 2.18. The van der Waals surface area contributed by atoms with E-state index in [4.69, 9.17) is 11.6 Å². The molecule has 2 atom stereocenters. The average Bonchev–Trinajstić information content (AvgIpc) is 2.54. The van der Waals surface area contributed by atoms with Crippen molar-refractivity contribution in [2.75, 3.05) is 13.6 Å². The summed E-state index contributed by atoms with van der Waals surface area (Å²) in [5, 5.41) is 21.8. The summed E-state index contributed by atoms with van der Waals surface area (Å²) >= 11 is 5.85. The van der Waals surface area contributed by atoms with Crippen LogP contribution in [0.15, 0.2) is 48.5 Å². The third-order valence-corrected chi connectivity index (χ3v) is 4.19. The van der Waals surface area contributed by atoms with Crippen molar-refractivity contribution < 1.29 is 10.0 Å². The van der Waals surface area contributed by atoms with E-state index >= 15 is 0 Å². The molecule has 0 heterocycles. The Morgan fingerprint density at radius 1 is 1.22 bits per heavy atom. The van der Waals surface area contributed by atoms with Gasteiger partial charge in [-0.25, -0.2) is 0 Å². The van der Waals surface area contributed by atoms with Gasteiger partial charge >= 0.3 is 0 Å². The van der Waals surface area contributed by atoms with Gasteiger partial charge in [0.2, 0.25) is 0 Å². The fraction of sp³-hybridized carbons (Fsp3) is 0.294. The molecule has 0 radical (unpaired) electrons. The van der Waals surface area contributed by atoms with Crippen LogP contribution >= 0.6 is 11.6 Å². The Morgan fingerprint density at radius 2 is 1.87 bits per heavy atom. The molecule has 0 saturated heterocycles. The molecule has 2 rings (SSSR count). The van der Waals surface area contributed by atoms with Crippen molar-refractivity contribution in [1.82, 2.24) is 4.90 Å². The quantitative estimate of drug-likeness (QED) is 0.641. The van der Waals surface area contributed by atoms with Crippen molar-refractivity contribution in [2.24, 2.45) is 0 Å². The molecule has 5 nitrogen and oxygen atoms in total. The lowest BCUT2D eigenvalue weighted by Gasteiger charge is -2.27. The molecule has 2 aromatic carbocycles. The van der Waals surface area contributed by atoms with Crippen LogP contribution < -0.4 is 0 Å². The number of nitrogens with zero attached hydrogens (tertiary/aromatic N) is 2. The Labute approximate surface area is 140 Å². The van der Waals surface area contributed by atoms with Crippen LogP contribution in [-0.4, -0.2) is 28.5 Å². The van der Waals surface area contributed by atoms with Crippen molar-refractivity contribution in [3.63, 3.8) is 0 Å². The van der Waals surface area contributed by atoms with Gasteiger partial charge in [-0.15, -0.1) is 0 Å². The summed E-state index contributed by atoms with van der Waals surface area (Å²) in [6, 6.07) is 13.6. The molecule has 122 valence electrons. The van der Waals surface area contributed by atoms with Crippen molar-refractivity contribution in [3.8, 4) is 0 Å². The lowest BCUT2D eigenvalue weighted by atomic mass is 10.0. The molecule has 0 unspecified atom stereocenters. The predicted molar refractivity (Wildman–Crippen MR) is 90.6 cm³/mol. The van der Waals surface area contributed by atoms with Crippen LogP contribution in [0, 0.1) is 10.1 Å². The standard InChI is InChI=1S/C17H19ClN2O3/c1-12(14-4-3-5-16(10-14)20(22)23)19(2)11-17(21)13-6-8-15(18)9-7-13/h3-10,12,17,21H,11H2,1-2H3/t12-,17+/m1/s1. The van der Waals surface area contributed by atoms with E-state index in [1.165, 1.54) is 6.07 Å². The highest BCUT2D eigenvalue weighted by atomic mass is 35.5. The maximum Gasteiger partial charge on any atom is 0.269 e. The highest BCUT2D eigenvalue weighted by molar-refractivity contribution is 6.30. The lowest BCUT2D eigenvalue weighted by Crippen LogP contribution is -2.27. The number of likely N-dealkylation sites (N-methyl/N-ethyl adjacent to an activating group) is 1. The first kappa shape index (κ1) is 17.4. The molecule has 0 fully saturated rings. The number of aliphatic hydroxyl groups is 1. The van der Waals surface area contributed by atoms with E-state index in [2.05, 4.69) is 0 Å². The Hall–Kier alpha value is -1.95. The second-order valence-corrected chi connectivity index (χ2v) is 5.97. The summed E-state index contributed by atoms with van der Waals surface area (Å²) in [5.41, 5.74) is 1.69. The van der Waals surface area contributed by atoms with E-state index < -0.39 is 11.0 Å². The van der Waals surface area contributed by atoms with Gasteiger partial charge < -0.3 is 5.11 Å². The van der Waals surface area contributed by atoms with Crippen LogP contribution in [0.2, 0.25) is 5.02 Å². The molecule has 2 aromatic rings. The number of nitro groups is 1. The van der Waals surface area contributed by atoms with Crippen molar-refractivity contribution in [2.45, 2.75) is 19.1 Å². The van der Waals surface area contributed by atoms with Gasteiger partial charge in [-0.2, -0.15) is 0 Å². The molecule has 6 heteroatoms. The number of nitro benzene ring substituents is 1. The molecule has 1 N–H and O–H groups in total. The zero-order chi connectivity index (χ0) is 17.0. The number of rotatable bonds is 6.